The van der Waals surface area contributed by atoms with Gasteiger partial charge in [0.1, 0.15) is 0 Å². The molecule has 1 N–H and O–H groups in total. The lowest BCUT2D eigenvalue weighted by molar-refractivity contribution is 0.0947. The van der Waals surface area contributed by atoms with E-state index in [1.54, 1.807) is 0 Å². The Labute approximate surface area is 123 Å². The van der Waals surface area contributed by atoms with Crippen LogP contribution in [-0.2, 0) is 0 Å². The summed E-state index contributed by atoms with van der Waals surface area (Å²) in [5.41, 5.74) is -0.474. The molecule has 3 nitrogen and oxygen atoms in total. The predicted octanol–water partition coefficient (Wildman–Crippen LogP) is 2.96. The smallest absolute Gasteiger partial charge is 0.254 e. The first-order valence-corrected chi connectivity index (χ1v) is 7.15. The van der Waals surface area contributed by atoms with Gasteiger partial charge in [-0.2, -0.15) is 0 Å². The normalized spacial score (nSPS) is 11.0. The van der Waals surface area contributed by atoms with Gasteiger partial charge in [-0.15, -0.1) is 0 Å². The quantitative estimate of drug-likeness (QED) is 0.591. The van der Waals surface area contributed by atoms with Gasteiger partial charge in [-0.3, -0.25) is 4.79 Å². The van der Waals surface area contributed by atoms with Crippen molar-refractivity contribution < 1.29 is 18.0 Å². The number of nitrogens with zero attached hydrogens (tertiary/aromatic N) is 1. The maximum atomic E-state index is 13.4. The average molecular weight is 302 g/mol. The summed E-state index contributed by atoms with van der Waals surface area (Å²) in [5, 5.41) is 2.51. The van der Waals surface area contributed by atoms with Gasteiger partial charge < -0.3 is 10.2 Å². The Balaban J connectivity index is 2.40. The van der Waals surface area contributed by atoms with Gasteiger partial charge in [-0.05, 0) is 44.6 Å². The van der Waals surface area contributed by atoms with E-state index in [1.807, 2.05) is 0 Å². The molecule has 0 saturated heterocycles. The highest BCUT2D eigenvalue weighted by atomic mass is 19.2. The monoisotopic (exact) mass is 302 g/mol. The molecule has 0 aromatic heterocycles. The van der Waals surface area contributed by atoms with Gasteiger partial charge in [0.05, 0.1) is 5.56 Å². The molecular formula is C15H21F3N2O. The highest BCUT2D eigenvalue weighted by Gasteiger charge is 2.18. The molecule has 0 radical (unpaired) electrons. The number of unbranched alkanes of at least 4 members (excludes halogenated alkanes) is 1. The molecule has 21 heavy (non-hydrogen) atoms. The molecule has 0 saturated carbocycles. The van der Waals surface area contributed by atoms with E-state index in [0.717, 1.165) is 44.6 Å². The zero-order valence-corrected chi connectivity index (χ0v) is 12.4. The Hall–Kier alpha value is -1.56. The summed E-state index contributed by atoms with van der Waals surface area (Å²) >= 11 is 0. The summed E-state index contributed by atoms with van der Waals surface area (Å²) in [6.45, 7) is 7.42. The van der Waals surface area contributed by atoms with Crippen molar-refractivity contribution in [2.75, 3.05) is 26.2 Å². The van der Waals surface area contributed by atoms with Gasteiger partial charge in [0.15, 0.2) is 17.5 Å². The second-order valence-corrected chi connectivity index (χ2v) is 4.71. The van der Waals surface area contributed by atoms with Gasteiger partial charge in [0.25, 0.3) is 5.91 Å². The first kappa shape index (κ1) is 17.5. The zero-order valence-electron chi connectivity index (χ0n) is 12.4. The third-order valence-corrected chi connectivity index (χ3v) is 3.36. The third kappa shape index (κ3) is 5.04. The van der Waals surface area contributed by atoms with Gasteiger partial charge in [-0.25, -0.2) is 13.2 Å². The Kier molecular flexibility index (Phi) is 7.22. The molecule has 0 heterocycles. The summed E-state index contributed by atoms with van der Waals surface area (Å²) < 4.78 is 39.2. The molecule has 6 heteroatoms. The number of amides is 1. The fourth-order valence-corrected chi connectivity index (χ4v) is 2.00. The van der Waals surface area contributed by atoms with E-state index in [2.05, 4.69) is 24.1 Å². The van der Waals surface area contributed by atoms with E-state index >= 15 is 0 Å². The second-order valence-electron chi connectivity index (χ2n) is 4.71. The Morgan fingerprint density at radius 3 is 2.38 bits per heavy atom. The molecule has 1 rings (SSSR count). The van der Waals surface area contributed by atoms with Crippen molar-refractivity contribution in [2.45, 2.75) is 26.7 Å². The zero-order chi connectivity index (χ0) is 15.8. The second kappa shape index (κ2) is 8.67. The summed E-state index contributed by atoms with van der Waals surface area (Å²) in [4.78, 5) is 13.9. The van der Waals surface area contributed by atoms with E-state index in [1.165, 1.54) is 0 Å². The topological polar surface area (TPSA) is 32.3 Å². The number of rotatable bonds is 8. The molecule has 0 aliphatic carbocycles. The highest BCUT2D eigenvalue weighted by molar-refractivity contribution is 5.94. The minimum absolute atomic E-state index is 0.374. The number of benzene rings is 1. The van der Waals surface area contributed by atoms with Gasteiger partial charge in [0.2, 0.25) is 0 Å². The first-order valence-electron chi connectivity index (χ1n) is 7.15. The van der Waals surface area contributed by atoms with E-state index in [0.29, 0.717) is 6.54 Å². The largest absolute Gasteiger partial charge is 0.352 e. The van der Waals surface area contributed by atoms with Crippen molar-refractivity contribution in [2.24, 2.45) is 0 Å². The predicted molar refractivity (Wildman–Crippen MR) is 75.7 cm³/mol. The van der Waals surface area contributed by atoms with Crippen LogP contribution in [0.3, 0.4) is 0 Å². The first-order chi connectivity index (χ1) is 10.0. The maximum absolute atomic E-state index is 13.4. The molecule has 0 spiro atoms. The highest BCUT2D eigenvalue weighted by Crippen LogP contribution is 2.14. The fraction of sp³-hybridized carbons (Fsp3) is 0.533. The molecule has 1 aromatic carbocycles. The molecule has 0 atom stereocenters. The SMILES string of the molecule is CCN(CC)CCCCNC(=O)c1ccc(F)c(F)c1F. The summed E-state index contributed by atoms with van der Waals surface area (Å²) in [5.74, 6) is -5.10. The Bertz CT molecular complexity index is 476. The van der Waals surface area contributed by atoms with Crippen LogP contribution in [-0.4, -0.2) is 37.0 Å². The van der Waals surface area contributed by atoms with Crippen molar-refractivity contribution in [1.29, 1.82) is 0 Å². The lowest BCUT2D eigenvalue weighted by Gasteiger charge is -2.17. The number of carbonyl (C=O) groups excluding carboxylic acids is 1. The van der Waals surface area contributed by atoms with Gasteiger partial charge in [0, 0.05) is 6.54 Å². The van der Waals surface area contributed by atoms with Crippen molar-refractivity contribution in [3.63, 3.8) is 0 Å². The van der Waals surface area contributed by atoms with Crippen LogP contribution in [0, 0.1) is 17.5 Å². The van der Waals surface area contributed by atoms with Crippen LogP contribution in [0.5, 0.6) is 0 Å². The maximum Gasteiger partial charge on any atom is 0.254 e. The molecular weight excluding hydrogens is 281 g/mol. The van der Waals surface area contributed by atoms with Crippen LogP contribution in [0.25, 0.3) is 0 Å². The molecule has 0 fully saturated rings. The van der Waals surface area contributed by atoms with Gasteiger partial charge >= 0.3 is 0 Å². The van der Waals surface area contributed by atoms with Crippen molar-refractivity contribution in [3.8, 4) is 0 Å². The molecule has 118 valence electrons. The number of carbonyl (C=O) groups is 1. The average Bonchev–Trinajstić information content (AvgIpc) is 2.48. The standard InChI is InChI=1S/C15H21F3N2O/c1-3-20(4-2)10-6-5-9-19-15(21)11-7-8-12(16)14(18)13(11)17/h7-8H,3-6,9-10H2,1-2H3,(H,19,21). The van der Waals surface area contributed by atoms with Crippen molar-refractivity contribution in [3.05, 3.63) is 35.1 Å². The van der Waals surface area contributed by atoms with E-state index in [4.69, 9.17) is 0 Å². The van der Waals surface area contributed by atoms with Crippen LogP contribution in [0.15, 0.2) is 12.1 Å². The van der Waals surface area contributed by atoms with Crippen molar-refractivity contribution >= 4 is 5.91 Å². The summed E-state index contributed by atoms with van der Waals surface area (Å²) in [7, 11) is 0. The lowest BCUT2D eigenvalue weighted by Crippen LogP contribution is -2.28. The van der Waals surface area contributed by atoms with Gasteiger partial charge in [-0.1, -0.05) is 13.8 Å². The number of halogens is 3. The Morgan fingerprint density at radius 2 is 1.76 bits per heavy atom. The minimum atomic E-state index is -1.62. The number of hydrogen-bond donors (Lipinski definition) is 1. The Morgan fingerprint density at radius 1 is 1.10 bits per heavy atom. The molecule has 0 aliphatic heterocycles. The van der Waals surface area contributed by atoms with Crippen LogP contribution in [0.4, 0.5) is 13.2 Å². The molecule has 0 aliphatic rings. The van der Waals surface area contributed by atoms with E-state index < -0.39 is 28.9 Å². The van der Waals surface area contributed by atoms with Crippen LogP contribution < -0.4 is 5.32 Å². The van der Waals surface area contributed by atoms with Crippen LogP contribution >= 0.6 is 0 Å². The van der Waals surface area contributed by atoms with Crippen LogP contribution in [0.2, 0.25) is 0 Å². The number of hydrogen-bond acceptors (Lipinski definition) is 2. The fourth-order valence-electron chi connectivity index (χ4n) is 2.00. The van der Waals surface area contributed by atoms with Crippen LogP contribution in [0.1, 0.15) is 37.0 Å². The third-order valence-electron chi connectivity index (χ3n) is 3.36. The number of nitrogens with one attached hydrogen (secondary N) is 1. The molecule has 1 aromatic rings. The lowest BCUT2D eigenvalue weighted by atomic mass is 10.2. The minimum Gasteiger partial charge on any atom is -0.352 e. The molecule has 1 amide bonds. The summed E-state index contributed by atoms with van der Waals surface area (Å²) in [6, 6.07) is 1.69. The van der Waals surface area contributed by atoms with E-state index in [9.17, 15) is 18.0 Å². The molecule has 0 bridgehead atoms. The summed E-state index contributed by atoms with van der Waals surface area (Å²) in [6.07, 6.45) is 1.65. The van der Waals surface area contributed by atoms with Crippen molar-refractivity contribution in [1.82, 2.24) is 10.2 Å². The molecule has 0 unspecified atom stereocenters. The van der Waals surface area contributed by atoms with E-state index in [-0.39, 0.29) is 0 Å².